The van der Waals surface area contributed by atoms with E-state index < -0.39 is 0 Å². The summed E-state index contributed by atoms with van der Waals surface area (Å²) in [6.45, 7) is 4.92. The lowest BCUT2D eigenvalue weighted by molar-refractivity contribution is -0.134. The molecule has 0 aliphatic rings. The molecule has 124 valence electrons. The number of nitrogens with zero attached hydrogens (tertiary/aromatic N) is 1. The monoisotopic (exact) mass is 315 g/mol. The zero-order valence-electron chi connectivity index (χ0n) is 13.9. The Hall–Kier alpha value is -2.30. The summed E-state index contributed by atoms with van der Waals surface area (Å²) in [6, 6.07) is 8.09. The zero-order chi connectivity index (χ0) is 16.7. The van der Waals surface area contributed by atoms with Gasteiger partial charge in [-0.15, -0.1) is 0 Å². The van der Waals surface area contributed by atoms with Gasteiger partial charge in [0, 0.05) is 37.1 Å². The summed E-state index contributed by atoms with van der Waals surface area (Å²) in [6.07, 6.45) is 4.70. The van der Waals surface area contributed by atoms with E-state index in [1.165, 1.54) is 17.9 Å². The highest BCUT2D eigenvalue weighted by molar-refractivity contribution is 5.84. The average Bonchev–Trinajstić information content (AvgIpc) is 2.94. The van der Waals surface area contributed by atoms with Crippen molar-refractivity contribution < 1.29 is 9.59 Å². The van der Waals surface area contributed by atoms with Crippen LogP contribution in [0.15, 0.2) is 30.5 Å². The van der Waals surface area contributed by atoms with Gasteiger partial charge in [0.25, 0.3) is 0 Å². The second-order valence-electron chi connectivity index (χ2n) is 5.75. The predicted octanol–water partition coefficient (Wildman–Crippen LogP) is 2.48. The Morgan fingerprint density at radius 1 is 1.26 bits per heavy atom. The molecule has 1 heterocycles. The first-order chi connectivity index (χ1) is 11.1. The molecule has 1 aromatic carbocycles. The van der Waals surface area contributed by atoms with Crippen molar-refractivity contribution in [2.45, 2.75) is 33.1 Å². The van der Waals surface area contributed by atoms with E-state index in [0.717, 1.165) is 24.8 Å². The van der Waals surface area contributed by atoms with E-state index in [1.54, 1.807) is 4.90 Å². The summed E-state index contributed by atoms with van der Waals surface area (Å²) in [5, 5.41) is 4.02. The molecule has 5 heteroatoms. The molecule has 0 aliphatic carbocycles. The second-order valence-corrected chi connectivity index (χ2v) is 5.75. The van der Waals surface area contributed by atoms with Crippen molar-refractivity contribution in [3.05, 3.63) is 36.0 Å². The number of aromatic amines is 1. The number of benzene rings is 1. The van der Waals surface area contributed by atoms with Gasteiger partial charge in [-0.05, 0) is 24.5 Å². The maximum Gasteiger partial charge on any atom is 0.239 e. The lowest BCUT2D eigenvalue weighted by Gasteiger charge is -2.20. The molecule has 5 nitrogen and oxygen atoms in total. The van der Waals surface area contributed by atoms with Crippen LogP contribution in [-0.4, -0.2) is 41.3 Å². The van der Waals surface area contributed by atoms with Crippen molar-refractivity contribution in [2.75, 3.05) is 19.6 Å². The van der Waals surface area contributed by atoms with E-state index >= 15 is 0 Å². The molecule has 1 aromatic heterocycles. The average molecular weight is 315 g/mol. The third-order valence-corrected chi connectivity index (χ3v) is 3.96. The zero-order valence-corrected chi connectivity index (χ0v) is 13.9. The normalized spacial score (nSPS) is 10.7. The van der Waals surface area contributed by atoms with Crippen LogP contribution in [0.4, 0.5) is 0 Å². The van der Waals surface area contributed by atoms with Gasteiger partial charge < -0.3 is 15.2 Å². The van der Waals surface area contributed by atoms with Crippen molar-refractivity contribution in [1.29, 1.82) is 0 Å². The Balaban J connectivity index is 1.92. The number of para-hydroxylation sites is 1. The molecule has 0 saturated carbocycles. The van der Waals surface area contributed by atoms with Crippen LogP contribution in [0.25, 0.3) is 10.9 Å². The third kappa shape index (κ3) is 4.84. The quantitative estimate of drug-likeness (QED) is 0.735. The van der Waals surface area contributed by atoms with Crippen molar-refractivity contribution in [2.24, 2.45) is 0 Å². The predicted molar refractivity (Wildman–Crippen MR) is 92.2 cm³/mol. The van der Waals surface area contributed by atoms with Crippen LogP contribution in [0.1, 0.15) is 32.3 Å². The number of carbonyl (C=O) groups is 2. The number of hydrogen-bond donors (Lipinski definition) is 2. The van der Waals surface area contributed by atoms with Gasteiger partial charge in [-0.25, -0.2) is 0 Å². The number of nitrogens with one attached hydrogen (secondary N) is 2. The molecular formula is C18H25N3O2. The third-order valence-electron chi connectivity index (χ3n) is 3.96. The van der Waals surface area contributed by atoms with Gasteiger partial charge in [0.15, 0.2) is 0 Å². The number of carbonyl (C=O) groups excluding carboxylic acids is 2. The van der Waals surface area contributed by atoms with Gasteiger partial charge in [-0.3, -0.25) is 9.59 Å². The second kappa shape index (κ2) is 8.36. The highest BCUT2D eigenvalue weighted by atomic mass is 16.2. The molecule has 2 N–H and O–H groups in total. The summed E-state index contributed by atoms with van der Waals surface area (Å²) in [5.41, 5.74) is 2.26. The van der Waals surface area contributed by atoms with Crippen molar-refractivity contribution >= 4 is 22.7 Å². The molecule has 0 spiro atoms. The number of rotatable bonds is 8. The van der Waals surface area contributed by atoms with E-state index in [0.29, 0.717) is 13.1 Å². The molecule has 2 rings (SSSR count). The minimum atomic E-state index is -0.0902. The molecule has 0 radical (unpaired) electrons. The smallest absolute Gasteiger partial charge is 0.239 e. The molecule has 0 unspecified atom stereocenters. The first-order valence-corrected chi connectivity index (χ1v) is 8.19. The fourth-order valence-electron chi connectivity index (χ4n) is 2.58. The summed E-state index contributed by atoms with van der Waals surface area (Å²) in [7, 11) is 0. The van der Waals surface area contributed by atoms with E-state index in [4.69, 9.17) is 0 Å². The Bertz CT molecular complexity index is 663. The number of unbranched alkanes of at least 4 members (excludes halogenated alkanes) is 1. The lowest BCUT2D eigenvalue weighted by atomic mass is 10.1. The first kappa shape index (κ1) is 17.1. The van der Waals surface area contributed by atoms with E-state index in [-0.39, 0.29) is 18.4 Å². The number of amides is 2. The number of H-pyrrole nitrogens is 1. The van der Waals surface area contributed by atoms with Crippen molar-refractivity contribution in [1.82, 2.24) is 15.2 Å². The van der Waals surface area contributed by atoms with E-state index in [2.05, 4.69) is 23.3 Å². The summed E-state index contributed by atoms with van der Waals surface area (Å²) in [4.78, 5) is 28.5. The van der Waals surface area contributed by atoms with Crippen LogP contribution in [0.2, 0.25) is 0 Å². The fourth-order valence-corrected chi connectivity index (χ4v) is 2.58. The van der Waals surface area contributed by atoms with E-state index in [1.807, 2.05) is 24.4 Å². The highest BCUT2D eigenvalue weighted by Crippen LogP contribution is 2.18. The van der Waals surface area contributed by atoms with Crippen LogP contribution < -0.4 is 5.32 Å². The van der Waals surface area contributed by atoms with Gasteiger partial charge in [0.1, 0.15) is 0 Å². The summed E-state index contributed by atoms with van der Waals surface area (Å²) >= 11 is 0. The highest BCUT2D eigenvalue weighted by Gasteiger charge is 2.14. The summed E-state index contributed by atoms with van der Waals surface area (Å²) < 4.78 is 0. The van der Waals surface area contributed by atoms with Crippen LogP contribution in [0.5, 0.6) is 0 Å². The largest absolute Gasteiger partial charge is 0.361 e. The maximum atomic E-state index is 11.9. The SMILES string of the molecule is CCCCNC(=O)CN(CCc1c[nH]c2ccccc12)C(C)=O. The summed E-state index contributed by atoms with van der Waals surface area (Å²) in [5.74, 6) is -0.164. The first-order valence-electron chi connectivity index (χ1n) is 8.19. The molecule has 23 heavy (non-hydrogen) atoms. The maximum absolute atomic E-state index is 11.9. The Labute approximate surface area is 137 Å². The van der Waals surface area contributed by atoms with Crippen LogP contribution >= 0.6 is 0 Å². The lowest BCUT2D eigenvalue weighted by Crippen LogP contribution is -2.41. The van der Waals surface area contributed by atoms with Crippen LogP contribution in [0.3, 0.4) is 0 Å². The Kier molecular flexibility index (Phi) is 6.20. The van der Waals surface area contributed by atoms with Crippen LogP contribution in [-0.2, 0) is 16.0 Å². The van der Waals surface area contributed by atoms with Gasteiger partial charge in [-0.2, -0.15) is 0 Å². The van der Waals surface area contributed by atoms with Crippen molar-refractivity contribution in [3.8, 4) is 0 Å². The van der Waals surface area contributed by atoms with Gasteiger partial charge in [-0.1, -0.05) is 31.5 Å². The number of hydrogen-bond acceptors (Lipinski definition) is 2. The molecule has 0 fully saturated rings. The minimum Gasteiger partial charge on any atom is -0.361 e. The van der Waals surface area contributed by atoms with Gasteiger partial charge in [0.2, 0.25) is 11.8 Å². The molecule has 0 bridgehead atoms. The Morgan fingerprint density at radius 2 is 2.04 bits per heavy atom. The molecule has 0 aliphatic heterocycles. The standard InChI is InChI=1S/C18H25N3O2/c1-3-4-10-19-18(23)13-21(14(2)22)11-9-15-12-20-17-8-6-5-7-16(15)17/h5-8,12,20H,3-4,9-11,13H2,1-2H3,(H,19,23). The topological polar surface area (TPSA) is 65.2 Å². The van der Waals surface area contributed by atoms with Gasteiger partial charge >= 0.3 is 0 Å². The van der Waals surface area contributed by atoms with Gasteiger partial charge in [0.05, 0.1) is 6.54 Å². The Morgan fingerprint density at radius 3 is 2.78 bits per heavy atom. The van der Waals surface area contributed by atoms with Crippen molar-refractivity contribution in [3.63, 3.8) is 0 Å². The fraction of sp³-hybridized carbons (Fsp3) is 0.444. The molecule has 0 saturated heterocycles. The minimum absolute atomic E-state index is 0.0736. The number of aromatic nitrogens is 1. The molecule has 0 atom stereocenters. The van der Waals surface area contributed by atoms with E-state index in [9.17, 15) is 9.59 Å². The molecular weight excluding hydrogens is 290 g/mol. The van der Waals surface area contributed by atoms with Crippen LogP contribution in [0, 0.1) is 0 Å². The molecule has 2 aromatic rings. The number of fused-ring (bicyclic) bond motifs is 1. The molecule has 2 amide bonds.